The maximum absolute atomic E-state index is 11.7. The number of hydrogen-bond acceptors (Lipinski definition) is 3. The Morgan fingerprint density at radius 1 is 1.30 bits per heavy atom. The van der Waals surface area contributed by atoms with E-state index in [1.165, 1.54) is 18.5 Å². The molecule has 1 aliphatic rings. The van der Waals surface area contributed by atoms with Crippen LogP contribution in [0, 0.1) is 5.92 Å². The van der Waals surface area contributed by atoms with Crippen molar-refractivity contribution in [3.63, 3.8) is 0 Å². The lowest BCUT2D eigenvalue weighted by Gasteiger charge is -2.32. The molecule has 1 atom stereocenters. The Hall–Kier alpha value is -1.75. The van der Waals surface area contributed by atoms with Crippen molar-refractivity contribution >= 4 is 11.7 Å². The Labute approximate surface area is 139 Å². The zero-order valence-electron chi connectivity index (χ0n) is 14.2. The third-order valence-electron chi connectivity index (χ3n) is 4.59. The lowest BCUT2D eigenvalue weighted by molar-refractivity contribution is 0.214. The van der Waals surface area contributed by atoms with Crippen LogP contribution in [-0.4, -0.2) is 36.9 Å². The molecule has 1 fully saturated rings. The van der Waals surface area contributed by atoms with Crippen LogP contribution in [0.25, 0.3) is 0 Å². The molecule has 0 aromatic heterocycles. The molecule has 1 saturated heterocycles. The number of benzene rings is 1. The van der Waals surface area contributed by atoms with Crippen molar-refractivity contribution in [2.24, 2.45) is 5.92 Å². The fourth-order valence-corrected chi connectivity index (χ4v) is 2.79. The Morgan fingerprint density at radius 2 is 1.96 bits per heavy atom. The fraction of sp³-hybridized carbons (Fsp3) is 0.611. The molecular formula is C18H29N3O2. The van der Waals surface area contributed by atoms with Gasteiger partial charge in [0.25, 0.3) is 0 Å². The zero-order valence-corrected chi connectivity index (χ0v) is 14.2. The van der Waals surface area contributed by atoms with Gasteiger partial charge in [-0.05, 0) is 42.9 Å². The molecule has 2 amide bonds. The second kappa shape index (κ2) is 8.77. The first-order chi connectivity index (χ1) is 11.1. The lowest BCUT2D eigenvalue weighted by Crippen LogP contribution is -2.43. The molecule has 1 aliphatic heterocycles. The Morgan fingerprint density at radius 3 is 2.52 bits per heavy atom. The van der Waals surface area contributed by atoms with Gasteiger partial charge < -0.3 is 20.6 Å². The minimum Gasteiger partial charge on any atom is -0.394 e. The van der Waals surface area contributed by atoms with Gasteiger partial charge in [0, 0.05) is 25.3 Å². The predicted octanol–water partition coefficient (Wildman–Crippen LogP) is 2.49. The summed E-state index contributed by atoms with van der Waals surface area (Å²) in [5.74, 6) is 0.833. The molecule has 2 rings (SSSR count). The molecule has 1 unspecified atom stereocenters. The van der Waals surface area contributed by atoms with Crippen molar-refractivity contribution in [1.29, 1.82) is 0 Å². The Kier molecular flexibility index (Phi) is 6.71. The highest BCUT2D eigenvalue weighted by Gasteiger charge is 2.15. The predicted molar refractivity (Wildman–Crippen MR) is 93.6 cm³/mol. The van der Waals surface area contributed by atoms with E-state index < -0.39 is 0 Å². The molecule has 0 bridgehead atoms. The minimum atomic E-state index is -0.236. The molecular weight excluding hydrogens is 290 g/mol. The first-order valence-electron chi connectivity index (χ1n) is 8.61. The first kappa shape index (κ1) is 17.6. The van der Waals surface area contributed by atoms with Gasteiger partial charge in [-0.2, -0.15) is 0 Å². The number of rotatable bonds is 6. The van der Waals surface area contributed by atoms with Crippen LogP contribution in [0.1, 0.15) is 38.7 Å². The van der Waals surface area contributed by atoms with Crippen molar-refractivity contribution in [3.05, 3.63) is 29.8 Å². The van der Waals surface area contributed by atoms with E-state index in [-0.39, 0.29) is 18.7 Å². The first-order valence-corrected chi connectivity index (χ1v) is 8.61. The summed E-state index contributed by atoms with van der Waals surface area (Å²) < 4.78 is 0. The minimum absolute atomic E-state index is 0.0347. The van der Waals surface area contributed by atoms with Gasteiger partial charge in [-0.3, -0.25) is 0 Å². The number of urea groups is 1. The molecule has 0 spiro atoms. The summed E-state index contributed by atoms with van der Waals surface area (Å²) in [6, 6.07) is 7.98. The average molecular weight is 319 g/mol. The number of aliphatic hydroxyl groups excluding tert-OH is 1. The van der Waals surface area contributed by atoms with Gasteiger partial charge in [-0.1, -0.05) is 26.0 Å². The number of anilines is 1. The number of carbonyl (C=O) groups is 1. The van der Waals surface area contributed by atoms with Crippen molar-refractivity contribution in [2.45, 2.75) is 45.7 Å². The van der Waals surface area contributed by atoms with E-state index in [1.807, 2.05) is 6.92 Å². The van der Waals surface area contributed by atoms with Crippen LogP contribution in [0.3, 0.4) is 0 Å². The van der Waals surface area contributed by atoms with E-state index in [9.17, 15) is 4.79 Å². The van der Waals surface area contributed by atoms with Gasteiger partial charge in [-0.25, -0.2) is 4.79 Å². The number of carbonyl (C=O) groups excluding carboxylic acids is 1. The number of hydrogen-bond donors (Lipinski definition) is 3. The van der Waals surface area contributed by atoms with Crippen LogP contribution in [-0.2, 0) is 6.54 Å². The molecule has 0 radical (unpaired) electrons. The molecule has 1 aromatic rings. The number of nitrogens with one attached hydrogen (secondary N) is 2. The van der Waals surface area contributed by atoms with E-state index in [2.05, 4.69) is 46.7 Å². The molecule has 1 aromatic carbocycles. The number of nitrogens with zero attached hydrogens (tertiary/aromatic N) is 1. The average Bonchev–Trinajstić information content (AvgIpc) is 2.59. The SMILES string of the molecule is CCC(CO)NC(=O)NCc1ccc(N2CCC(C)CC2)cc1. The maximum Gasteiger partial charge on any atom is 0.315 e. The van der Waals surface area contributed by atoms with Crippen molar-refractivity contribution in [2.75, 3.05) is 24.6 Å². The second-order valence-electron chi connectivity index (χ2n) is 6.45. The van der Waals surface area contributed by atoms with E-state index in [0.29, 0.717) is 13.0 Å². The summed E-state index contributed by atoms with van der Waals surface area (Å²) in [5, 5.41) is 14.7. The summed E-state index contributed by atoms with van der Waals surface area (Å²) >= 11 is 0. The monoisotopic (exact) mass is 319 g/mol. The number of piperidine rings is 1. The topological polar surface area (TPSA) is 64.6 Å². The summed E-state index contributed by atoms with van der Waals surface area (Å²) in [6.45, 7) is 6.96. The van der Waals surface area contributed by atoms with Gasteiger partial charge in [0.1, 0.15) is 0 Å². The van der Waals surface area contributed by atoms with E-state index >= 15 is 0 Å². The summed E-state index contributed by atoms with van der Waals surface area (Å²) in [4.78, 5) is 14.2. The molecule has 0 saturated carbocycles. The Balaban J connectivity index is 1.80. The number of aliphatic hydroxyl groups is 1. The summed E-state index contributed by atoms with van der Waals surface area (Å²) in [6.07, 6.45) is 3.23. The number of amides is 2. The van der Waals surface area contributed by atoms with Gasteiger partial charge in [0.15, 0.2) is 0 Å². The van der Waals surface area contributed by atoms with Gasteiger partial charge in [0.05, 0.1) is 12.6 Å². The van der Waals surface area contributed by atoms with Crippen LogP contribution in [0.2, 0.25) is 0 Å². The van der Waals surface area contributed by atoms with Crippen LogP contribution in [0.5, 0.6) is 0 Å². The van der Waals surface area contributed by atoms with E-state index in [0.717, 1.165) is 24.6 Å². The zero-order chi connectivity index (χ0) is 16.7. The molecule has 1 heterocycles. The normalized spacial score (nSPS) is 16.9. The standard InChI is InChI=1S/C18H29N3O2/c1-3-16(13-22)20-18(23)19-12-15-4-6-17(7-5-15)21-10-8-14(2)9-11-21/h4-7,14,16,22H,3,8-13H2,1-2H3,(H2,19,20,23). The van der Waals surface area contributed by atoms with Crippen LogP contribution >= 0.6 is 0 Å². The van der Waals surface area contributed by atoms with Gasteiger partial charge in [0.2, 0.25) is 0 Å². The highest BCUT2D eigenvalue weighted by Crippen LogP contribution is 2.23. The fourth-order valence-electron chi connectivity index (χ4n) is 2.79. The van der Waals surface area contributed by atoms with Crippen molar-refractivity contribution < 1.29 is 9.90 Å². The molecule has 5 nitrogen and oxygen atoms in total. The van der Waals surface area contributed by atoms with Crippen LogP contribution in [0.15, 0.2) is 24.3 Å². The highest BCUT2D eigenvalue weighted by molar-refractivity contribution is 5.74. The molecule has 128 valence electrons. The largest absolute Gasteiger partial charge is 0.394 e. The molecule has 0 aliphatic carbocycles. The molecule has 3 N–H and O–H groups in total. The smallest absolute Gasteiger partial charge is 0.315 e. The summed E-state index contributed by atoms with van der Waals surface area (Å²) in [5.41, 5.74) is 2.34. The van der Waals surface area contributed by atoms with Crippen molar-refractivity contribution in [3.8, 4) is 0 Å². The molecule has 5 heteroatoms. The highest BCUT2D eigenvalue weighted by atomic mass is 16.3. The lowest BCUT2D eigenvalue weighted by atomic mass is 9.99. The van der Waals surface area contributed by atoms with Crippen molar-refractivity contribution in [1.82, 2.24) is 10.6 Å². The van der Waals surface area contributed by atoms with Gasteiger partial charge >= 0.3 is 6.03 Å². The second-order valence-corrected chi connectivity index (χ2v) is 6.45. The third-order valence-corrected chi connectivity index (χ3v) is 4.59. The molecule has 23 heavy (non-hydrogen) atoms. The Bertz CT molecular complexity index is 478. The summed E-state index contributed by atoms with van der Waals surface area (Å²) in [7, 11) is 0. The van der Waals surface area contributed by atoms with Crippen LogP contribution in [0.4, 0.5) is 10.5 Å². The van der Waals surface area contributed by atoms with Gasteiger partial charge in [-0.15, -0.1) is 0 Å². The quantitative estimate of drug-likeness (QED) is 0.755. The van der Waals surface area contributed by atoms with Crippen LogP contribution < -0.4 is 15.5 Å². The maximum atomic E-state index is 11.7. The van der Waals surface area contributed by atoms with E-state index in [1.54, 1.807) is 0 Å². The van der Waals surface area contributed by atoms with E-state index in [4.69, 9.17) is 5.11 Å². The third kappa shape index (κ3) is 5.43.